The molecule has 8 atom stereocenters. The molecule has 1 aliphatic rings. The number of aliphatic hydroxyl groups is 5. The molecular weight excluding hydrogens is 1110 g/mol. The molecule has 11 nitrogen and oxygen atoms in total. The summed E-state index contributed by atoms with van der Waals surface area (Å²) in [4.78, 5) is 26.7. The predicted molar refractivity (Wildman–Crippen MR) is 375 cm³/mol. The molecule has 89 heavy (non-hydrogen) atoms. The van der Waals surface area contributed by atoms with E-state index in [9.17, 15) is 35.1 Å². The first kappa shape index (κ1) is 85.4. The van der Waals surface area contributed by atoms with Crippen LogP contribution in [-0.2, 0) is 23.8 Å². The van der Waals surface area contributed by atoms with E-state index < -0.39 is 67.4 Å². The number of esters is 1. The highest BCUT2D eigenvalue weighted by atomic mass is 16.7. The first-order valence-corrected chi connectivity index (χ1v) is 39.5. The van der Waals surface area contributed by atoms with Crippen molar-refractivity contribution in [3.8, 4) is 0 Å². The lowest BCUT2D eigenvalue weighted by atomic mass is 9.99. The summed E-state index contributed by atoms with van der Waals surface area (Å²) in [5.41, 5.74) is 0. The number of aliphatic hydroxyl groups excluding tert-OH is 5. The summed E-state index contributed by atoms with van der Waals surface area (Å²) < 4.78 is 17.7. The van der Waals surface area contributed by atoms with Crippen molar-refractivity contribution in [3.63, 3.8) is 0 Å². The average molecular weight is 1260 g/mol. The van der Waals surface area contributed by atoms with Crippen molar-refractivity contribution in [2.45, 2.75) is 461 Å². The molecular formula is C78H151NO10. The van der Waals surface area contributed by atoms with Crippen molar-refractivity contribution in [2.75, 3.05) is 13.2 Å². The molecule has 0 saturated carbocycles. The molecule has 1 rings (SSSR count). The van der Waals surface area contributed by atoms with Crippen molar-refractivity contribution < 1.29 is 49.3 Å². The van der Waals surface area contributed by atoms with Gasteiger partial charge in [0.2, 0.25) is 5.91 Å². The monoisotopic (exact) mass is 1260 g/mol. The molecule has 0 spiro atoms. The first-order valence-electron chi connectivity index (χ1n) is 39.5. The SMILES string of the molecule is CCCCCCCCCCC/C=C/C(O)C(COC1OC(CO)C(O)C(O)C1OC(=O)CCCCCCCCCCCCCCCCCCCCCCCCCCC)NC(=O)C(O)CCCCCCCCCCCCCCCCCCCCCCCCCC. The number of nitrogens with one attached hydrogen (secondary N) is 1. The minimum Gasteiger partial charge on any atom is -0.454 e. The molecule has 1 saturated heterocycles. The van der Waals surface area contributed by atoms with Gasteiger partial charge in [0.15, 0.2) is 12.4 Å². The minimum atomic E-state index is -1.61. The standard InChI is InChI=1S/C78H151NO10/c1-4-7-10-13-16-19-22-24-26-28-30-32-34-36-38-40-42-44-46-48-51-54-57-60-63-66-73(83)89-76-75(85)74(84)72(67-80)88-78(76)87-68-69(70(81)64-61-58-55-52-49-21-18-15-12-9-6-3)79-77(86)71(82)65-62-59-56-53-50-47-45-43-41-39-37-35-33-31-29-27-25-23-20-17-14-11-8-5-2/h61,64,69-72,74-76,78,80-82,84-85H,4-60,62-63,65-68H2,1-3H3,(H,79,86)/b64-61+. The maximum atomic E-state index is 13.5. The van der Waals surface area contributed by atoms with Crippen molar-refractivity contribution >= 4 is 11.9 Å². The molecule has 1 heterocycles. The number of rotatable bonds is 70. The van der Waals surface area contributed by atoms with Gasteiger partial charge < -0.3 is 45.1 Å². The molecule has 0 radical (unpaired) electrons. The Morgan fingerprint density at radius 1 is 0.427 bits per heavy atom. The number of amides is 1. The van der Waals surface area contributed by atoms with Gasteiger partial charge in [-0.1, -0.05) is 392 Å². The molecule has 0 aliphatic carbocycles. The molecule has 528 valence electrons. The minimum absolute atomic E-state index is 0.132. The number of carbonyl (C=O) groups is 2. The number of hydrogen-bond donors (Lipinski definition) is 6. The second-order valence-electron chi connectivity index (χ2n) is 27.8. The van der Waals surface area contributed by atoms with Crippen molar-refractivity contribution in [2.24, 2.45) is 0 Å². The Labute approximate surface area is 550 Å². The Bertz CT molecular complexity index is 1500. The molecule has 0 aromatic carbocycles. The topological polar surface area (TPSA) is 175 Å². The van der Waals surface area contributed by atoms with Gasteiger partial charge >= 0.3 is 5.97 Å². The van der Waals surface area contributed by atoms with Crippen molar-refractivity contribution in [3.05, 3.63) is 12.2 Å². The van der Waals surface area contributed by atoms with E-state index >= 15 is 0 Å². The molecule has 1 aliphatic heterocycles. The lowest BCUT2D eigenvalue weighted by molar-refractivity contribution is -0.305. The Morgan fingerprint density at radius 3 is 1.06 bits per heavy atom. The molecule has 0 bridgehead atoms. The van der Waals surface area contributed by atoms with Crippen LogP contribution in [0.4, 0.5) is 0 Å². The lowest BCUT2D eigenvalue weighted by Gasteiger charge is -2.41. The van der Waals surface area contributed by atoms with E-state index in [0.29, 0.717) is 19.3 Å². The maximum absolute atomic E-state index is 13.5. The van der Waals surface area contributed by atoms with E-state index in [2.05, 4.69) is 26.1 Å². The van der Waals surface area contributed by atoms with Gasteiger partial charge in [0, 0.05) is 6.42 Å². The lowest BCUT2D eigenvalue weighted by Crippen LogP contribution is -2.61. The third kappa shape index (κ3) is 53.4. The van der Waals surface area contributed by atoms with E-state index in [-0.39, 0.29) is 13.0 Å². The van der Waals surface area contributed by atoms with E-state index in [1.807, 2.05) is 6.08 Å². The molecule has 8 unspecified atom stereocenters. The van der Waals surface area contributed by atoms with Crippen LogP contribution in [-0.4, -0.2) is 99.6 Å². The van der Waals surface area contributed by atoms with Gasteiger partial charge in [-0.25, -0.2) is 0 Å². The van der Waals surface area contributed by atoms with E-state index in [1.165, 1.54) is 308 Å². The normalized spacial score (nSPS) is 18.0. The number of carbonyl (C=O) groups excluding carboxylic acids is 2. The Hall–Kier alpha value is -1.60. The fourth-order valence-electron chi connectivity index (χ4n) is 13.0. The van der Waals surface area contributed by atoms with Gasteiger partial charge in [-0.05, 0) is 25.7 Å². The fraction of sp³-hybridized carbons (Fsp3) is 0.949. The van der Waals surface area contributed by atoms with Crippen molar-refractivity contribution in [1.82, 2.24) is 5.32 Å². The summed E-state index contributed by atoms with van der Waals surface area (Å²) in [6, 6.07) is -1.02. The van der Waals surface area contributed by atoms with Gasteiger partial charge in [-0.2, -0.15) is 0 Å². The zero-order valence-corrected chi connectivity index (χ0v) is 59.1. The van der Waals surface area contributed by atoms with Crippen LogP contribution >= 0.6 is 0 Å². The molecule has 1 amide bonds. The highest BCUT2D eigenvalue weighted by Crippen LogP contribution is 2.27. The summed E-state index contributed by atoms with van der Waals surface area (Å²) in [6.07, 6.45) is 70.0. The Morgan fingerprint density at radius 2 is 0.730 bits per heavy atom. The second kappa shape index (κ2) is 66.4. The number of hydrogen-bond acceptors (Lipinski definition) is 10. The quantitative estimate of drug-likeness (QED) is 0.0195. The van der Waals surface area contributed by atoms with Crippen LogP contribution in [0.1, 0.15) is 412 Å². The van der Waals surface area contributed by atoms with E-state index in [4.69, 9.17) is 14.2 Å². The van der Waals surface area contributed by atoms with E-state index in [0.717, 1.165) is 57.8 Å². The smallest absolute Gasteiger partial charge is 0.306 e. The largest absolute Gasteiger partial charge is 0.454 e. The Kier molecular flexibility index (Phi) is 63.7. The average Bonchev–Trinajstić information content (AvgIpc) is 1.95. The highest BCUT2D eigenvalue weighted by molar-refractivity contribution is 5.80. The van der Waals surface area contributed by atoms with Crippen LogP contribution in [0.5, 0.6) is 0 Å². The van der Waals surface area contributed by atoms with Gasteiger partial charge in [0.05, 0.1) is 25.4 Å². The van der Waals surface area contributed by atoms with Crippen LogP contribution in [0.25, 0.3) is 0 Å². The van der Waals surface area contributed by atoms with Gasteiger partial charge in [0.1, 0.15) is 24.4 Å². The fourth-order valence-corrected chi connectivity index (χ4v) is 13.0. The number of ether oxygens (including phenoxy) is 3. The van der Waals surface area contributed by atoms with Crippen LogP contribution in [0.2, 0.25) is 0 Å². The van der Waals surface area contributed by atoms with Crippen LogP contribution in [0.15, 0.2) is 12.2 Å². The Balaban J connectivity index is 2.46. The predicted octanol–water partition coefficient (Wildman–Crippen LogP) is 21.0. The van der Waals surface area contributed by atoms with Gasteiger partial charge in [0.25, 0.3) is 0 Å². The van der Waals surface area contributed by atoms with Gasteiger partial charge in [-0.3, -0.25) is 9.59 Å². The third-order valence-electron chi connectivity index (χ3n) is 19.2. The summed E-state index contributed by atoms with van der Waals surface area (Å²) >= 11 is 0. The zero-order chi connectivity index (χ0) is 64.6. The molecule has 0 aromatic rings. The summed E-state index contributed by atoms with van der Waals surface area (Å²) in [5, 5.41) is 57.4. The van der Waals surface area contributed by atoms with Crippen LogP contribution in [0.3, 0.4) is 0 Å². The number of unbranched alkanes of at least 4 members (excludes halogenated alkanes) is 56. The maximum Gasteiger partial charge on any atom is 0.306 e. The number of allylic oxidation sites excluding steroid dienone is 1. The highest BCUT2D eigenvalue weighted by Gasteiger charge is 2.47. The molecule has 0 aromatic heterocycles. The first-order chi connectivity index (χ1) is 43.7. The summed E-state index contributed by atoms with van der Waals surface area (Å²) in [7, 11) is 0. The van der Waals surface area contributed by atoms with Gasteiger partial charge in [-0.15, -0.1) is 0 Å². The molecule has 1 fully saturated rings. The van der Waals surface area contributed by atoms with E-state index in [1.54, 1.807) is 6.08 Å². The van der Waals surface area contributed by atoms with Crippen LogP contribution in [0, 0.1) is 0 Å². The van der Waals surface area contributed by atoms with Crippen LogP contribution < -0.4 is 5.32 Å². The summed E-state index contributed by atoms with van der Waals surface area (Å²) in [5.74, 6) is -1.17. The molecule has 11 heteroatoms. The molecule has 6 N–H and O–H groups in total. The third-order valence-corrected chi connectivity index (χ3v) is 19.2. The van der Waals surface area contributed by atoms with Crippen molar-refractivity contribution in [1.29, 1.82) is 0 Å². The zero-order valence-electron chi connectivity index (χ0n) is 59.1. The second-order valence-corrected chi connectivity index (χ2v) is 27.8. The summed E-state index contributed by atoms with van der Waals surface area (Å²) in [6.45, 7) is 5.87.